The SMILES string of the molecule is Cc1cn([C@H]2C[C@H](O)[C@](CO)(n3cc(CO)nn3)O2)c(=O)[nH]c1=O. The molecule has 0 unspecified atom stereocenters. The number of aromatic amines is 1. The Bertz CT molecular complexity index is 857. The van der Waals surface area contributed by atoms with Crippen molar-refractivity contribution in [2.24, 2.45) is 0 Å². The molecule has 2 aromatic heterocycles. The largest absolute Gasteiger partial charge is 0.391 e. The van der Waals surface area contributed by atoms with Crippen LogP contribution in [0.15, 0.2) is 22.0 Å². The minimum atomic E-state index is -1.64. The van der Waals surface area contributed by atoms with Crippen LogP contribution in [0.2, 0.25) is 0 Å². The Hall–Kier alpha value is -2.34. The van der Waals surface area contributed by atoms with Gasteiger partial charge in [0.05, 0.1) is 19.4 Å². The third-order valence-corrected chi connectivity index (χ3v) is 4.06. The lowest BCUT2D eigenvalue weighted by Crippen LogP contribution is -2.46. The fraction of sp³-hybridized carbons (Fsp3) is 0.538. The van der Waals surface area contributed by atoms with Crippen LogP contribution in [0.4, 0.5) is 0 Å². The fourth-order valence-electron chi connectivity index (χ4n) is 2.69. The second-order valence-electron chi connectivity index (χ2n) is 5.62. The molecule has 0 bridgehead atoms. The molecule has 1 fully saturated rings. The first-order valence-corrected chi connectivity index (χ1v) is 7.22. The molecule has 4 N–H and O–H groups in total. The van der Waals surface area contributed by atoms with Gasteiger partial charge in [-0.05, 0) is 6.92 Å². The molecular formula is C13H17N5O6. The van der Waals surface area contributed by atoms with E-state index < -0.39 is 35.9 Å². The molecule has 130 valence electrons. The van der Waals surface area contributed by atoms with Crippen LogP contribution < -0.4 is 11.2 Å². The zero-order valence-electron chi connectivity index (χ0n) is 12.8. The Balaban J connectivity index is 2.00. The second-order valence-corrected chi connectivity index (χ2v) is 5.62. The van der Waals surface area contributed by atoms with Crippen LogP contribution in [-0.2, 0) is 17.1 Å². The van der Waals surface area contributed by atoms with Crippen LogP contribution in [-0.4, -0.2) is 52.6 Å². The van der Waals surface area contributed by atoms with Crippen LogP contribution in [0, 0.1) is 6.92 Å². The summed E-state index contributed by atoms with van der Waals surface area (Å²) >= 11 is 0. The molecule has 0 aliphatic carbocycles. The first-order chi connectivity index (χ1) is 11.4. The zero-order valence-corrected chi connectivity index (χ0v) is 12.8. The predicted molar refractivity (Wildman–Crippen MR) is 77.8 cm³/mol. The van der Waals surface area contributed by atoms with Gasteiger partial charge in [-0.25, -0.2) is 9.48 Å². The minimum absolute atomic E-state index is 0.0136. The van der Waals surface area contributed by atoms with Crippen LogP contribution in [0.5, 0.6) is 0 Å². The van der Waals surface area contributed by atoms with Crippen molar-refractivity contribution in [3.05, 3.63) is 44.5 Å². The number of aryl methyl sites for hydroxylation is 1. The van der Waals surface area contributed by atoms with Crippen molar-refractivity contribution < 1.29 is 20.1 Å². The molecule has 0 saturated carbocycles. The molecule has 0 aromatic carbocycles. The molecule has 0 radical (unpaired) electrons. The molecule has 1 saturated heterocycles. The topological polar surface area (TPSA) is 155 Å². The highest BCUT2D eigenvalue weighted by Gasteiger charge is 2.51. The molecule has 2 aromatic rings. The number of aliphatic hydroxyl groups is 3. The smallest absolute Gasteiger partial charge is 0.330 e. The number of aromatic nitrogens is 5. The number of nitrogens with one attached hydrogen (secondary N) is 1. The Morgan fingerprint density at radius 1 is 1.42 bits per heavy atom. The lowest BCUT2D eigenvalue weighted by Gasteiger charge is -2.29. The van der Waals surface area contributed by atoms with Gasteiger partial charge in [-0.15, -0.1) is 5.10 Å². The average Bonchev–Trinajstić information content (AvgIpc) is 3.16. The number of nitrogens with zero attached hydrogens (tertiary/aromatic N) is 4. The van der Waals surface area contributed by atoms with Crippen molar-refractivity contribution in [1.82, 2.24) is 24.5 Å². The van der Waals surface area contributed by atoms with Gasteiger partial charge in [0.25, 0.3) is 5.56 Å². The summed E-state index contributed by atoms with van der Waals surface area (Å²) in [5, 5.41) is 36.7. The monoisotopic (exact) mass is 339 g/mol. The Labute approximate surface area is 134 Å². The highest BCUT2D eigenvalue weighted by molar-refractivity contribution is 5.03. The summed E-state index contributed by atoms with van der Waals surface area (Å²) < 4.78 is 7.99. The molecular weight excluding hydrogens is 322 g/mol. The number of rotatable bonds is 4. The summed E-state index contributed by atoms with van der Waals surface area (Å²) in [6.45, 7) is 0.542. The third-order valence-electron chi connectivity index (χ3n) is 4.06. The van der Waals surface area contributed by atoms with Crippen LogP contribution >= 0.6 is 0 Å². The van der Waals surface area contributed by atoms with Crippen LogP contribution in [0.25, 0.3) is 0 Å². The molecule has 1 aliphatic heterocycles. The summed E-state index contributed by atoms with van der Waals surface area (Å²) in [6, 6.07) is 0. The Morgan fingerprint density at radius 2 is 2.17 bits per heavy atom. The van der Waals surface area contributed by atoms with Gasteiger partial charge in [0.1, 0.15) is 18.0 Å². The molecule has 1 aliphatic rings. The summed E-state index contributed by atoms with van der Waals surface area (Å²) in [7, 11) is 0. The van der Waals surface area contributed by atoms with Gasteiger partial charge in [0.2, 0.25) is 5.72 Å². The fourth-order valence-corrected chi connectivity index (χ4v) is 2.69. The van der Waals surface area contributed by atoms with Crippen molar-refractivity contribution >= 4 is 0 Å². The van der Waals surface area contributed by atoms with Gasteiger partial charge in [-0.3, -0.25) is 14.3 Å². The number of hydrogen-bond donors (Lipinski definition) is 4. The van der Waals surface area contributed by atoms with Gasteiger partial charge >= 0.3 is 5.69 Å². The minimum Gasteiger partial charge on any atom is -0.391 e. The van der Waals surface area contributed by atoms with Gasteiger partial charge in [0.15, 0.2) is 0 Å². The highest BCUT2D eigenvalue weighted by atomic mass is 16.6. The van der Waals surface area contributed by atoms with Crippen molar-refractivity contribution in [3.63, 3.8) is 0 Å². The predicted octanol–water partition coefficient (Wildman–Crippen LogP) is -2.45. The van der Waals surface area contributed by atoms with Crippen LogP contribution in [0.1, 0.15) is 23.9 Å². The molecule has 11 nitrogen and oxygen atoms in total. The van der Waals surface area contributed by atoms with E-state index in [9.17, 15) is 19.8 Å². The highest BCUT2D eigenvalue weighted by Crippen LogP contribution is 2.39. The van der Waals surface area contributed by atoms with E-state index in [1.165, 1.54) is 19.3 Å². The normalized spacial score (nSPS) is 26.8. The number of hydrogen-bond acceptors (Lipinski definition) is 8. The van der Waals surface area contributed by atoms with Gasteiger partial charge in [-0.1, -0.05) is 5.21 Å². The lowest BCUT2D eigenvalue weighted by atomic mass is 10.1. The van der Waals surface area contributed by atoms with Gasteiger partial charge < -0.3 is 20.1 Å². The van der Waals surface area contributed by atoms with E-state index in [0.717, 1.165) is 9.25 Å². The maximum atomic E-state index is 12.0. The summed E-state index contributed by atoms with van der Waals surface area (Å²) in [4.78, 5) is 25.6. The van der Waals surface area contributed by atoms with Gasteiger partial charge in [0, 0.05) is 18.2 Å². The van der Waals surface area contributed by atoms with Crippen molar-refractivity contribution in [3.8, 4) is 0 Å². The molecule has 0 amide bonds. The Kier molecular flexibility index (Phi) is 4.09. The van der Waals surface area contributed by atoms with Gasteiger partial charge in [-0.2, -0.15) is 0 Å². The Morgan fingerprint density at radius 3 is 2.79 bits per heavy atom. The number of aliphatic hydroxyl groups excluding tert-OH is 3. The standard InChI is InChI=1S/C13H17N5O6/c1-7-3-17(12(23)14-11(7)22)10-2-9(21)13(6-20,24-10)18-4-8(5-19)15-16-18/h3-4,9-10,19-21H,2,5-6H2,1H3,(H,14,22,23)/t9-,10+,13+/m0/s1. The molecule has 11 heteroatoms. The van der Waals surface area contributed by atoms with E-state index in [1.54, 1.807) is 0 Å². The zero-order chi connectivity index (χ0) is 17.5. The molecule has 3 heterocycles. The number of ether oxygens (including phenoxy) is 1. The lowest BCUT2D eigenvalue weighted by molar-refractivity contribution is -0.187. The van der Waals surface area contributed by atoms with Crippen LogP contribution in [0.3, 0.4) is 0 Å². The number of H-pyrrole nitrogens is 1. The quantitative estimate of drug-likeness (QED) is 0.478. The summed E-state index contributed by atoms with van der Waals surface area (Å²) in [5.74, 6) is 0. The molecule has 0 spiro atoms. The second kappa shape index (κ2) is 5.94. The van der Waals surface area contributed by atoms with E-state index in [4.69, 9.17) is 9.84 Å². The first kappa shape index (κ1) is 16.5. The maximum Gasteiger partial charge on any atom is 0.330 e. The average molecular weight is 339 g/mol. The van der Waals surface area contributed by atoms with E-state index >= 15 is 0 Å². The van der Waals surface area contributed by atoms with E-state index in [2.05, 4.69) is 15.3 Å². The molecule has 3 rings (SSSR count). The van der Waals surface area contributed by atoms with Crippen molar-refractivity contribution in [2.75, 3.05) is 6.61 Å². The van der Waals surface area contributed by atoms with E-state index in [1.807, 2.05) is 0 Å². The first-order valence-electron chi connectivity index (χ1n) is 7.22. The van der Waals surface area contributed by atoms with E-state index in [0.29, 0.717) is 5.56 Å². The molecule has 3 atom stereocenters. The van der Waals surface area contributed by atoms with Crippen molar-refractivity contribution in [2.45, 2.75) is 38.0 Å². The van der Waals surface area contributed by atoms with E-state index in [-0.39, 0.29) is 18.7 Å². The van der Waals surface area contributed by atoms with Crippen molar-refractivity contribution in [1.29, 1.82) is 0 Å². The summed E-state index contributed by atoms with van der Waals surface area (Å²) in [5.41, 5.74) is -2.30. The summed E-state index contributed by atoms with van der Waals surface area (Å²) in [6.07, 6.45) is 0.534. The maximum absolute atomic E-state index is 12.0. The molecule has 24 heavy (non-hydrogen) atoms. The third kappa shape index (κ3) is 2.47.